The Bertz CT molecular complexity index is 448. The summed E-state index contributed by atoms with van der Waals surface area (Å²) in [4.78, 5) is 14.3. The summed E-state index contributed by atoms with van der Waals surface area (Å²) in [6, 6.07) is 7.74. The van der Waals surface area contributed by atoms with Crippen LogP contribution in [0.25, 0.3) is 0 Å². The normalized spacial score (nSPS) is 25.4. The van der Waals surface area contributed by atoms with Crippen molar-refractivity contribution in [2.24, 2.45) is 11.3 Å². The Balaban J connectivity index is 1.87. The van der Waals surface area contributed by atoms with Gasteiger partial charge in [-0.1, -0.05) is 6.92 Å². The van der Waals surface area contributed by atoms with Gasteiger partial charge in [-0.15, -0.1) is 0 Å². The molecule has 90 valence electrons. The molecular formula is C14H17NO2. The fourth-order valence-electron chi connectivity index (χ4n) is 2.84. The van der Waals surface area contributed by atoms with Crippen molar-refractivity contribution in [3.8, 4) is 5.75 Å². The van der Waals surface area contributed by atoms with Crippen molar-refractivity contribution in [1.29, 1.82) is 0 Å². The second kappa shape index (κ2) is 3.49. The van der Waals surface area contributed by atoms with Crippen LogP contribution in [0, 0.1) is 11.3 Å². The Labute approximate surface area is 101 Å². The van der Waals surface area contributed by atoms with Gasteiger partial charge in [0.25, 0.3) is 0 Å². The van der Waals surface area contributed by atoms with E-state index < -0.39 is 0 Å². The van der Waals surface area contributed by atoms with E-state index >= 15 is 0 Å². The van der Waals surface area contributed by atoms with Gasteiger partial charge in [0.1, 0.15) is 5.75 Å². The van der Waals surface area contributed by atoms with Crippen LogP contribution < -0.4 is 9.64 Å². The zero-order valence-electron chi connectivity index (χ0n) is 10.3. The van der Waals surface area contributed by atoms with E-state index in [0.717, 1.165) is 30.8 Å². The number of hydrogen-bond acceptors (Lipinski definition) is 2. The highest BCUT2D eigenvalue weighted by Gasteiger charge is 2.60. The molecule has 1 aliphatic heterocycles. The standard InChI is InChI=1S/C14H17NO2/c1-10-9-15(13(16)14(10)7-8-14)11-3-5-12(17-2)6-4-11/h3-6,10H,7-9H2,1-2H3. The number of ether oxygens (including phenoxy) is 1. The van der Waals surface area contributed by atoms with Gasteiger partial charge in [-0.05, 0) is 43.0 Å². The van der Waals surface area contributed by atoms with Gasteiger partial charge in [-0.3, -0.25) is 4.79 Å². The van der Waals surface area contributed by atoms with E-state index in [2.05, 4.69) is 6.92 Å². The SMILES string of the molecule is COc1ccc(N2CC(C)C3(CC3)C2=O)cc1. The summed E-state index contributed by atoms with van der Waals surface area (Å²) in [5.41, 5.74) is 0.978. The molecule has 2 fully saturated rings. The predicted molar refractivity (Wildman–Crippen MR) is 66.2 cm³/mol. The number of rotatable bonds is 2. The number of nitrogens with zero attached hydrogens (tertiary/aromatic N) is 1. The molecule has 1 aliphatic carbocycles. The lowest BCUT2D eigenvalue weighted by Gasteiger charge is -2.16. The Morgan fingerprint density at radius 2 is 1.94 bits per heavy atom. The maximum atomic E-state index is 12.3. The van der Waals surface area contributed by atoms with Crippen LogP contribution in [0.4, 0.5) is 5.69 Å². The lowest BCUT2D eigenvalue weighted by molar-refractivity contribution is -0.122. The number of methoxy groups -OCH3 is 1. The van der Waals surface area contributed by atoms with Crippen molar-refractivity contribution in [2.75, 3.05) is 18.6 Å². The van der Waals surface area contributed by atoms with E-state index in [9.17, 15) is 4.79 Å². The third kappa shape index (κ3) is 1.45. The Hall–Kier alpha value is -1.51. The largest absolute Gasteiger partial charge is 0.497 e. The number of anilines is 1. The van der Waals surface area contributed by atoms with E-state index in [4.69, 9.17) is 4.74 Å². The minimum Gasteiger partial charge on any atom is -0.497 e. The molecule has 2 aliphatic rings. The maximum Gasteiger partial charge on any atom is 0.233 e. The molecule has 3 heteroatoms. The summed E-state index contributed by atoms with van der Waals surface area (Å²) in [6.07, 6.45) is 2.14. The van der Waals surface area contributed by atoms with E-state index in [1.807, 2.05) is 29.2 Å². The van der Waals surface area contributed by atoms with E-state index in [1.165, 1.54) is 0 Å². The summed E-state index contributed by atoms with van der Waals surface area (Å²) in [5, 5.41) is 0. The van der Waals surface area contributed by atoms with Crippen LogP contribution in [0.1, 0.15) is 19.8 Å². The molecule has 1 heterocycles. The van der Waals surface area contributed by atoms with Crippen molar-refractivity contribution in [3.05, 3.63) is 24.3 Å². The summed E-state index contributed by atoms with van der Waals surface area (Å²) in [6.45, 7) is 3.04. The Morgan fingerprint density at radius 3 is 2.41 bits per heavy atom. The van der Waals surface area contributed by atoms with Gasteiger partial charge in [0, 0.05) is 12.2 Å². The first-order valence-electron chi connectivity index (χ1n) is 6.13. The molecule has 0 N–H and O–H groups in total. The van der Waals surface area contributed by atoms with Crippen LogP contribution in [0.2, 0.25) is 0 Å². The summed E-state index contributed by atoms with van der Waals surface area (Å²) >= 11 is 0. The van der Waals surface area contributed by atoms with Gasteiger partial charge < -0.3 is 9.64 Å². The second-order valence-corrected chi connectivity index (χ2v) is 5.17. The number of carbonyl (C=O) groups is 1. The van der Waals surface area contributed by atoms with Crippen LogP contribution in [0.3, 0.4) is 0 Å². The minimum atomic E-state index is -0.0140. The molecule has 1 spiro atoms. The molecule has 17 heavy (non-hydrogen) atoms. The summed E-state index contributed by atoms with van der Waals surface area (Å²) < 4.78 is 5.13. The van der Waals surface area contributed by atoms with Crippen LogP contribution in [-0.4, -0.2) is 19.6 Å². The van der Waals surface area contributed by atoms with E-state index in [0.29, 0.717) is 11.8 Å². The first-order chi connectivity index (χ1) is 8.17. The molecule has 1 saturated carbocycles. The molecule has 1 atom stereocenters. The van der Waals surface area contributed by atoms with Crippen molar-refractivity contribution in [3.63, 3.8) is 0 Å². The third-order valence-corrected chi connectivity index (χ3v) is 4.24. The van der Waals surface area contributed by atoms with Crippen LogP contribution >= 0.6 is 0 Å². The smallest absolute Gasteiger partial charge is 0.233 e. The van der Waals surface area contributed by atoms with Gasteiger partial charge in [-0.25, -0.2) is 0 Å². The molecular weight excluding hydrogens is 214 g/mol. The topological polar surface area (TPSA) is 29.5 Å². The summed E-state index contributed by atoms with van der Waals surface area (Å²) in [5.74, 6) is 1.63. The molecule has 3 rings (SSSR count). The van der Waals surface area contributed by atoms with Gasteiger partial charge in [0.2, 0.25) is 5.91 Å². The van der Waals surface area contributed by atoms with E-state index in [1.54, 1.807) is 7.11 Å². The average Bonchev–Trinajstić information content (AvgIpc) is 3.12. The molecule has 1 unspecified atom stereocenters. The van der Waals surface area contributed by atoms with Gasteiger partial charge in [-0.2, -0.15) is 0 Å². The van der Waals surface area contributed by atoms with Crippen molar-refractivity contribution < 1.29 is 9.53 Å². The molecule has 1 aromatic carbocycles. The van der Waals surface area contributed by atoms with Crippen LogP contribution in [0.5, 0.6) is 5.75 Å². The molecule has 0 aromatic heterocycles. The predicted octanol–water partition coefficient (Wildman–Crippen LogP) is 2.46. The lowest BCUT2D eigenvalue weighted by atomic mass is 9.94. The first kappa shape index (κ1) is 10.6. The zero-order chi connectivity index (χ0) is 12.0. The Kier molecular flexibility index (Phi) is 2.18. The lowest BCUT2D eigenvalue weighted by Crippen LogP contribution is -2.27. The monoisotopic (exact) mass is 231 g/mol. The highest BCUT2D eigenvalue weighted by molar-refractivity contribution is 6.02. The van der Waals surface area contributed by atoms with Gasteiger partial charge in [0.15, 0.2) is 0 Å². The van der Waals surface area contributed by atoms with Crippen LogP contribution in [0.15, 0.2) is 24.3 Å². The summed E-state index contributed by atoms with van der Waals surface area (Å²) in [7, 11) is 1.65. The Morgan fingerprint density at radius 1 is 1.29 bits per heavy atom. The quantitative estimate of drug-likeness (QED) is 0.782. The maximum absolute atomic E-state index is 12.3. The highest BCUT2D eigenvalue weighted by Crippen LogP contribution is 2.57. The van der Waals surface area contributed by atoms with Crippen molar-refractivity contribution in [2.45, 2.75) is 19.8 Å². The van der Waals surface area contributed by atoms with Crippen molar-refractivity contribution >= 4 is 11.6 Å². The molecule has 1 saturated heterocycles. The fraction of sp³-hybridized carbons (Fsp3) is 0.500. The highest BCUT2D eigenvalue weighted by atomic mass is 16.5. The fourth-order valence-corrected chi connectivity index (χ4v) is 2.84. The molecule has 3 nitrogen and oxygen atoms in total. The van der Waals surface area contributed by atoms with Gasteiger partial charge in [0.05, 0.1) is 12.5 Å². The van der Waals surface area contributed by atoms with Crippen LogP contribution in [-0.2, 0) is 4.79 Å². The molecule has 0 bridgehead atoms. The second-order valence-electron chi connectivity index (χ2n) is 5.17. The van der Waals surface area contributed by atoms with Crippen molar-refractivity contribution in [1.82, 2.24) is 0 Å². The number of carbonyl (C=O) groups excluding carboxylic acids is 1. The number of amides is 1. The zero-order valence-corrected chi connectivity index (χ0v) is 10.3. The number of hydrogen-bond donors (Lipinski definition) is 0. The minimum absolute atomic E-state index is 0.0140. The third-order valence-electron chi connectivity index (χ3n) is 4.24. The molecule has 0 radical (unpaired) electrons. The van der Waals surface area contributed by atoms with Gasteiger partial charge >= 0.3 is 0 Å². The van der Waals surface area contributed by atoms with E-state index in [-0.39, 0.29) is 5.41 Å². The molecule has 1 amide bonds. The number of benzene rings is 1. The average molecular weight is 231 g/mol. The first-order valence-corrected chi connectivity index (χ1v) is 6.13. The molecule has 1 aromatic rings.